The van der Waals surface area contributed by atoms with Crippen molar-refractivity contribution in [3.8, 4) is 0 Å². The molecule has 0 spiro atoms. The Morgan fingerprint density at radius 3 is 2.53 bits per heavy atom. The van der Waals surface area contributed by atoms with Crippen molar-refractivity contribution < 1.29 is 8.42 Å². The van der Waals surface area contributed by atoms with Gasteiger partial charge < -0.3 is 5.73 Å². The van der Waals surface area contributed by atoms with Crippen molar-refractivity contribution in [3.05, 3.63) is 29.3 Å². The van der Waals surface area contributed by atoms with E-state index in [2.05, 4.69) is 0 Å². The van der Waals surface area contributed by atoms with Crippen molar-refractivity contribution in [1.82, 2.24) is 0 Å². The third-order valence-corrected chi connectivity index (χ3v) is 6.76. The van der Waals surface area contributed by atoms with E-state index in [9.17, 15) is 8.42 Å². The Balaban J connectivity index is 2.39. The maximum Gasteiger partial charge on any atom is 0.183 e. The first-order valence-corrected chi connectivity index (χ1v) is 8.68. The highest BCUT2D eigenvalue weighted by Gasteiger charge is 2.35. The van der Waals surface area contributed by atoms with Crippen LogP contribution in [0.2, 0.25) is 5.02 Å². The SMILES string of the molecule is NCC1CCCCCC1S(=O)(=O)c1ccccc1Cl. The van der Waals surface area contributed by atoms with Crippen molar-refractivity contribution in [3.63, 3.8) is 0 Å². The van der Waals surface area contributed by atoms with E-state index in [4.69, 9.17) is 17.3 Å². The van der Waals surface area contributed by atoms with Gasteiger partial charge in [0.1, 0.15) is 0 Å². The van der Waals surface area contributed by atoms with Crippen molar-refractivity contribution in [2.45, 2.75) is 42.2 Å². The molecule has 2 atom stereocenters. The summed E-state index contributed by atoms with van der Waals surface area (Å²) in [7, 11) is -3.39. The van der Waals surface area contributed by atoms with Gasteiger partial charge in [-0.1, -0.05) is 43.0 Å². The normalized spacial score (nSPS) is 24.9. The smallest absolute Gasteiger partial charge is 0.183 e. The average Bonchev–Trinajstić information content (AvgIpc) is 2.64. The summed E-state index contributed by atoms with van der Waals surface area (Å²) in [6, 6.07) is 6.68. The molecule has 5 heteroatoms. The maximum atomic E-state index is 12.8. The van der Waals surface area contributed by atoms with Gasteiger partial charge in [0.2, 0.25) is 0 Å². The zero-order valence-electron chi connectivity index (χ0n) is 10.9. The first kappa shape index (κ1) is 14.8. The van der Waals surface area contributed by atoms with E-state index in [0.717, 1.165) is 25.7 Å². The second-order valence-corrected chi connectivity index (χ2v) is 7.69. The van der Waals surface area contributed by atoms with Crippen LogP contribution in [0.5, 0.6) is 0 Å². The molecular weight excluding hydrogens is 282 g/mol. The Morgan fingerprint density at radius 2 is 1.84 bits per heavy atom. The van der Waals surface area contributed by atoms with Gasteiger partial charge in [0, 0.05) is 0 Å². The molecule has 3 nitrogen and oxygen atoms in total. The van der Waals surface area contributed by atoms with Gasteiger partial charge in [-0.25, -0.2) is 8.42 Å². The Kier molecular flexibility index (Phi) is 4.87. The number of benzene rings is 1. The van der Waals surface area contributed by atoms with E-state index < -0.39 is 9.84 Å². The topological polar surface area (TPSA) is 60.2 Å². The fourth-order valence-corrected chi connectivity index (χ4v) is 5.49. The number of rotatable bonds is 3. The molecule has 19 heavy (non-hydrogen) atoms. The molecule has 0 amide bonds. The Labute approximate surface area is 120 Å². The fourth-order valence-electron chi connectivity index (χ4n) is 2.87. The van der Waals surface area contributed by atoms with Crippen molar-refractivity contribution in [2.75, 3.05) is 6.54 Å². The Bertz CT molecular complexity index is 530. The van der Waals surface area contributed by atoms with E-state index in [-0.39, 0.29) is 16.1 Å². The van der Waals surface area contributed by atoms with Crippen molar-refractivity contribution >= 4 is 21.4 Å². The summed E-state index contributed by atoms with van der Waals surface area (Å²) < 4.78 is 25.6. The fraction of sp³-hybridized carbons (Fsp3) is 0.571. The minimum absolute atomic E-state index is 0.0452. The number of sulfone groups is 1. The first-order valence-electron chi connectivity index (χ1n) is 6.76. The Morgan fingerprint density at radius 1 is 1.16 bits per heavy atom. The molecule has 1 aromatic carbocycles. The summed E-state index contributed by atoms with van der Waals surface area (Å²) in [6.45, 7) is 0.425. The number of hydrogen-bond acceptors (Lipinski definition) is 3. The monoisotopic (exact) mass is 301 g/mol. The molecule has 2 N–H and O–H groups in total. The first-order chi connectivity index (χ1) is 9.07. The summed E-state index contributed by atoms with van der Waals surface area (Å²) in [4.78, 5) is 0.252. The van der Waals surface area contributed by atoms with Crippen LogP contribution < -0.4 is 5.73 Å². The molecule has 1 saturated carbocycles. The molecular formula is C14H20ClNO2S. The van der Waals surface area contributed by atoms with Crippen molar-refractivity contribution in [2.24, 2.45) is 11.7 Å². The van der Waals surface area contributed by atoms with Gasteiger partial charge in [0.05, 0.1) is 15.2 Å². The number of halogens is 1. The molecule has 1 aromatic rings. The summed E-state index contributed by atoms with van der Waals surface area (Å²) in [6.07, 6.45) is 4.69. The third-order valence-electron chi connectivity index (χ3n) is 3.93. The zero-order valence-corrected chi connectivity index (χ0v) is 12.5. The predicted molar refractivity (Wildman–Crippen MR) is 78.1 cm³/mol. The van der Waals surface area contributed by atoms with Gasteiger partial charge in [-0.05, 0) is 37.4 Å². The molecule has 106 valence electrons. The van der Waals surface area contributed by atoms with Crippen LogP contribution in [0.25, 0.3) is 0 Å². The minimum Gasteiger partial charge on any atom is -0.330 e. The van der Waals surface area contributed by atoms with Crippen LogP contribution in [0.15, 0.2) is 29.2 Å². The molecule has 0 bridgehead atoms. The van der Waals surface area contributed by atoms with Gasteiger partial charge in [-0.2, -0.15) is 0 Å². The number of nitrogens with two attached hydrogens (primary N) is 1. The predicted octanol–water partition coefficient (Wildman–Crippen LogP) is 3.02. The van der Waals surface area contributed by atoms with Gasteiger partial charge in [0.15, 0.2) is 9.84 Å². The van der Waals surface area contributed by atoms with E-state index in [0.29, 0.717) is 18.0 Å². The molecule has 0 aliphatic heterocycles. The lowest BCUT2D eigenvalue weighted by atomic mass is 10.0. The van der Waals surface area contributed by atoms with Crippen LogP contribution in [0, 0.1) is 5.92 Å². The van der Waals surface area contributed by atoms with E-state index in [1.54, 1.807) is 24.3 Å². The lowest BCUT2D eigenvalue weighted by molar-refractivity contribution is 0.456. The quantitative estimate of drug-likeness (QED) is 0.873. The molecule has 1 aliphatic rings. The molecule has 2 unspecified atom stereocenters. The molecule has 1 aliphatic carbocycles. The van der Waals surface area contributed by atoms with E-state index in [1.807, 2.05) is 0 Å². The van der Waals surface area contributed by atoms with Gasteiger partial charge >= 0.3 is 0 Å². The minimum atomic E-state index is -3.39. The third kappa shape index (κ3) is 3.12. The highest BCUT2D eigenvalue weighted by molar-refractivity contribution is 7.92. The lowest BCUT2D eigenvalue weighted by Crippen LogP contribution is -2.34. The number of hydrogen-bond donors (Lipinski definition) is 1. The van der Waals surface area contributed by atoms with Crippen LogP contribution in [-0.2, 0) is 9.84 Å². The van der Waals surface area contributed by atoms with Crippen LogP contribution in [0.4, 0.5) is 0 Å². The van der Waals surface area contributed by atoms with Gasteiger partial charge in [-0.15, -0.1) is 0 Å². The summed E-state index contributed by atoms with van der Waals surface area (Å²) in [5, 5.41) is -0.0811. The van der Waals surface area contributed by atoms with Crippen LogP contribution in [0.1, 0.15) is 32.1 Å². The zero-order chi connectivity index (χ0) is 13.9. The van der Waals surface area contributed by atoms with E-state index in [1.165, 1.54) is 0 Å². The summed E-state index contributed by atoms with van der Waals surface area (Å²) in [5.41, 5.74) is 5.78. The van der Waals surface area contributed by atoms with E-state index >= 15 is 0 Å². The molecule has 2 rings (SSSR count). The molecule has 1 fully saturated rings. The molecule has 0 aromatic heterocycles. The summed E-state index contributed by atoms with van der Waals surface area (Å²) in [5.74, 6) is 0.0452. The lowest BCUT2D eigenvalue weighted by Gasteiger charge is -2.24. The van der Waals surface area contributed by atoms with Crippen LogP contribution in [-0.4, -0.2) is 20.2 Å². The standard InChI is InChI=1S/C14H20ClNO2S/c15-12-7-4-5-9-14(12)19(17,18)13-8-3-1-2-6-11(13)10-16/h4-5,7,9,11,13H,1-3,6,8,10,16H2. The van der Waals surface area contributed by atoms with Crippen molar-refractivity contribution in [1.29, 1.82) is 0 Å². The second-order valence-electron chi connectivity index (χ2n) is 5.15. The highest BCUT2D eigenvalue weighted by Crippen LogP contribution is 2.34. The molecule has 0 heterocycles. The summed E-state index contributed by atoms with van der Waals surface area (Å²) >= 11 is 6.05. The van der Waals surface area contributed by atoms with Gasteiger partial charge in [0.25, 0.3) is 0 Å². The average molecular weight is 302 g/mol. The van der Waals surface area contributed by atoms with Gasteiger partial charge in [-0.3, -0.25) is 0 Å². The highest BCUT2D eigenvalue weighted by atomic mass is 35.5. The van der Waals surface area contributed by atoms with Crippen LogP contribution >= 0.6 is 11.6 Å². The maximum absolute atomic E-state index is 12.8. The largest absolute Gasteiger partial charge is 0.330 e. The second kappa shape index (κ2) is 6.25. The van der Waals surface area contributed by atoms with Crippen LogP contribution in [0.3, 0.4) is 0 Å². The molecule has 0 radical (unpaired) electrons. The molecule has 0 saturated heterocycles. The Hall–Kier alpha value is -0.580.